The van der Waals surface area contributed by atoms with Gasteiger partial charge in [-0.3, -0.25) is 9.69 Å². The molecule has 0 spiro atoms. The van der Waals surface area contributed by atoms with E-state index < -0.39 is 0 Å². The molecule has 0 radical (unpaired) electrons. The minimum atomic E-state index is -0.370. The van der Waals surface area contributed by atoms with Crippen molar-refractivity contribution >= 4 is 12.0 Å². The van der Waals surface area contributed by atoms with Gasteiger partial charge >= 0.3 is 6.09 Å². The Kier molecular flexibility index (Phi) is 3.21. The lowest BCUT2D eigenvalue weighted by atomic mass is 9.92. The van der Waals surface area contributed by atoms with E-state index in [0.717, 1.165) is 24.2 Å². The highest BCUT2D eigenvalue weighted by Crippen LogP contribution is 2.33. The fraction of sp³-hybridized carbons (Fsp3) is 0.529. The molecular formula is C17H20N2O4. The Morgan fingerprint density at radius 1 is 1.30 bits per heavy atom. The molecule has 2 saturated heterocycles. The van der Waals surface area contributed by atoms with Crippen molar-refractivity contribution < 1.29 is 19.1 Å². The normalized spacial score (nSPS) is 25.7. The molecule has 0 N–H and O–H groups in total. The highest BCUT2D eigenvalue weighted by molar-refractivity contribution is 5.95. The second-order valence-corrected chi connectivity index (χ2v) is 6.43. The monoisotopic (exact) mass is 316 g/mol. The molecule has 0 aromatic heterocycles. The van der Waals surface area contributed by atoms with E-state index in [9.17, 15) is 9.59 Å². The fourth-order valence-electron chi connectivity index (χ4n) is 3.74. The average Bonchev–Trinajstić information content (AvgIpc) is 3.18. The van der Waals surface area contributed by atoms with Gasteiger partial charge in [0.1, 0.15) is 12.4 Å². The van der Waals surface area contributed by atoms with E-state index in [1.165, 1.54) is 0 Å². The molecule has 23 heavy (non-hydrogen) atoms. The third-order valence-electron chi connectivity index (χ3n) is 5.22. The van der Waals surface area contributed by atoms with E-state index in [4.69, 9.17) is 9.47 Å². The summed E-state index contributed by atoms with van der Waals surface area (Å²) in [6, 6.07) is 5.64. The second kappa shape index (κ2) is 5.15. The summed E-state index contributed by atoms with van der Waals surface area (Å²) in [5.74, 6) is 0.901. The van der Waals surface area contributed by atoms with Gasteiger partial charge in [0.25, 0.3) is 5.91 Å². The highest BCUT2D eigenvalue weighted by atomic mass is 16.6. The van der Waals surface area contributed by atoms with Crippen LogP contribution in [0.2, 0.25) is 0 Å². The number of hydrogen-bond acceptors (Lipinski definition) is 4. The van der Waals surface area contributed by atoms with Crippen LogP contribution in [0.25, 0.3) is 0 Å². The van der Waals surface area contributed by atoms with Gasteiger partial charge in [-0.25, -0.2) is 4.79 Å². The molecule has 0 aliphatic carbocycles. The first-order chi connectivity index (χ1) is 11.1. The summed E-state index contributed by atoms with van der Waals surface area (Å²) in [4.78, 5) is 28.3. The number of fused-ring (bicyclic) bond motifs is 2. The number of piperazine rings is 1. The Balaban J connectivity index is 1.57. The van der Waals surface area contributed by atoms with Crippen LogP contribution < -0.4 is 4.74 Å². The van der Waals surface area contributed by atoms with E-state index in [1.807, 2.05) is 30.0 Å². The lowest BCUT2D eigenvalue weighted by molar-refractivity contribution is 0.0361. The molecule has 6 nitrogen and oxygen atoms in total. The van der Waals surface area contributed by atoms with Crippen LogP contribution in [0.15, 0.2) is 18.2 Å². The van der Waals surface area contributed by atoms with Crippen molar-refractivity contribution in [2.75, 3.05) is 32.8 Å². The largest absolute Gasteiger partial charge is 0.493 e. The summed E-state index contributed by atoms with van der Waals surface area (Å²) < 4.78 is 10.7. The molecule has 2 fully saturated rings. The maximum absolute atomic E-state index is 12.9. The quantitative estimate of drug-likeness (QED) is 0.833. The number of ether oxygens (including phenoxy) is 2. The van der Waals surface area contributed by atoms with Crippen LogP contribution in [0.1, 0.15) is 29.3 Å². The van der Waals surface area contributed by atoms with Crippen LogP contribution in [-0.4, -0.2) is 60.2 Å². The molecule has 1 aromatic rings. The van der Waals surface area contributed by atoms with Crippen LogP contribution in [0.4, 0.5) is 4.79 Å². The minimum absolute atomic E-state index is 0.0199. The van der Waals surface area contributed by atoms with Gasteiger partial charge in [-0.15, -0.1) is 0 Å². The topological polar surface area (TPSA) is 59.1 Å². The Labute approximate surface area is 134 Å². The van der Waals surface area contributed by atoms with E-state index >= 15 is 0 Å². The smallest absolute Gasteiger partial charge is 0.410 e. The van der Waals surface area contributed by atoms with Crippen LogP contribution in [0, 0.1) is 0 Å². The molecule has 3 aliphatic heterocycles. The Morgan fingerprint density at radius 2 is 2.17 bits per heavy atom. The predicted octanol–water partition coefficient (Wildman–Crippen LogP) is 1.68. The Bertz CT molecular complexity index is 675. The van der Waals surface area contributed by atoms with E-state index in [2.05, 4.69) is 0 Å². The molecule has 122 valence electrons. The standard InChI is InChI=1S/C17H20N2O4/c1-2-17-10-18(6-7-19(17)16(21)23-11-17)15(20)13-3-4-14-12(9-13)5-8-22-14/h3-4,9H,2,5-8,10-11H2,1H3. The number of carbonyl (C=O) groups excluding carboxylic acids is 2. The van der Waals surface area contributed by atoms with Crippen molar-refractivity contribution in [3.8, 4) is 5.75 Å². The summed E-state index contributed by atoms with van der Waals surface area (Å²) in [5.41, 5.74) is 1.42. The van der Waals surface area contributed by atoms with Crippen LogP contribution in [-0.2, 0) is 11.2 Å². The Hall–Kier alpha value is -2.24. The van der Waals surface area contributed by atoms with Gasteiger partial charge in [-0.1, -0.05) is 6.92 Å². The van der Waals surface area contributed by atoms with Crippen LogP contribution in [0.3, 0.4) is 0 Å². The van der Waals surface area contributed by atoms with Gasteiger partial charge in [-0.2, -0.15) is 0 Å². The van der Waals surface area contributed by atoms with Crippen molar-refractivity contribution in [1.82, 2.24) is 9.80 Å². The van der Waals surface area contributed by atoms with E-state index in [-0.39, 0.29) is 17.5 Å². The molecule has 0 saturated carbocycles. The maximum Gasteiger partial charge on any atom is 0.410 e. The number of carbonyl (C=O) groups is 2. The lowest BCUT2D eigenvalue weighted by Gasteiger charge is -2.44. The zero-order valence-corrected chi connectivity index (χ0v) is 13.2. The summed E-state index contributed by atoms with van der Waals surface area (Å²) >= 11 is 0. The fourth-order valence-corrected chi connectivity index (χ4v) is 3.74. The van der Waals surface area contributed by atoms with Gasteiger partial charge in [0.2, 0.25) is 0 Å². The predicted molar refractivity (Wildman–Crippen MR) is 82.6 cm³/mol. The first-order valence-corrected chi connectivity index (χ1v) is 8.12. The number of hydrogen-bond donors (Lipinski definition) is 0. The van der Waals surface area contributed by atoms with Gasteiger partial charge in [0.15, 0.2) is 0 Å². The first-order valence-electron chi connectivity index (χ1n) is 8.12. The summed E-state index contributed by atoms with van der Waals surface area (Å²) in [6.45, 7) is 4.70. The number of benzene rings is 1. The molecule has 2 amide bonds. The van der Waals surface area contributed by atoms with Crippen molar-refractivity contribution in [3.63, 3.8) is 0 Å². The van der Waals surface area contributed by atoms with Crippen molar-refractivity contribution in [3.05, 3.63) is 29.3 Å². The van der Waals surface area contributed by atoms with E-state index in [0.29, 0.717) is 38.4 Å². The number of amides is 2. The molecule has 1 unspecified atom stereocenters. The molecule has 6 heteroatoms. The van der Waals surface area contributed by atoms with Crippen LogP contribution in [0.5, 0.6) is 5.75 Å². The van der Waals surface area contributed by atoms with Crippen molar-refractivity contribution in [1.29, 1.82) is 0 Å². The summed E-state index contributed by atoms with van der Waals surface area (Å²) in [7, 11) is 0. The molecule has 0 bridgehead atoms. The third kappa shape index (κ3) is 2.16. The number of nitrogens with zero attached hydrogens (tertiary/aromatic N) is 2. The third-order valence-corrected chi connectivity index (χ3v) is 5.22. The zero-order chi connectivity index (χ0) is 16.0. The van der Waals surface area contributed by atoms with Gasteiger partial charge in [0.05, 0.1) is 12.1 Å². The number of cyclic esters (lactones) is 1. The summed E-state index contributed by atoms with van der Waals surface area (Å²) in [5, 5.41) is 0. The molecule has 3 aliphatic rings. The SMILES string of the molecule is CCC12COC(=O)N1CCN(C(=O)c1ccc3c(c1)CCO3)C2. The van der Waals surface area contributed by atoms with Crippen molar-refractivity contribution in [2.45, 2.75) is 25.3 Å². The van der Waals surface area contributed by atoms with Crippen molar-refractivity contribution in [2.24, 2.45) is 0 Å². The average molecular weight is 316 g/mol. The maximum atomic E-state index is 12.9. The van der Waals surface area contributed by atoms with E-state index in [1.54, 1.807) is 4.90 Å². The second-order valence-electron chi connectivity index (χ2n) is 6.43. The van der Waals surface area contributed by atoms with Gasteiger partial charge < -0.3 is 14.4 Å². The van der Waals surface area contributed by atoms with Crippen LogP contribution >= 0.6 is 0 Å². The molecule has 1 aromatic carbocycles. The molecular weight excluding hydrogens is 296 g/mol. The summed E-state index contributed by atoms with van der Waals surface area (Å²) in [6.07, 6.45) is 1.38. The van der Waals surface area contributed by atoms with Gasteiger partial charge in [-0.05, 0) is 30.2 Å². The number of rotatable bonds is 2. The zero-order valence-electron chi connectivity index (χ0n) is 13.2. The highest BCUT2D eigenvalue weighted by Gasteiger charge is 2.50. The molecule has 4 rings (SSSR count). The lowest BCUT2D eigenvalue weighted by Crippen LogP contribution is -2.62. The molecule has 1 atom stereocenters. The minimum Gasteiger partial charge on any atom is -0.493 e. The molecule has 3 heterocycles. The van der Waals surface area contributed by atoms with Gasteiger partial charge in [0, 0.05) is 31.6 Å². The first kappa shape index (κ1) is 14.4. The Morgan fingerprint density at radius 3 is 3.00 bits per heavy atom.